The number of pyridine rings is 1. The van der Waals surface area contributed by atoms with E-state index >= 15 is 0 Å². The van der Waals surface area contributed by atoms with Crippen LogP contribution in [-0.2, 0) is 11.3 Å². The quantitative estimate of drug-likeness (QED) is 0.863. The molecule has 2 aromatic rings. The third-order valence-electron chi connectivity index (χ3n) is 4.33. The first kappa shape index (κ1) is 15.5. The molecule has 3 rings (SSSR count). The van der Waals surface area contributed by atoms with Gasteiger partial charge in [0.15, 0.2) is 0 Å². The largest absolute Gasteiger partial charge is 0.363 e. The van der Waals surface area contributed by atoms with E-state index in [-0.39, 0.29) is 5.91 Å². The molecule has 3 heterocycles. The molecule has 0 saturated carbocycles. The van der Waals surface area contributed by atoms with E-state index in [0.29, 0.717) is 12.5 Å². The number of carbonyl (C=O) groups is 1. The number of likely N-dealkylation sites (tertiary alicyclic amines) is 1. The molecule has 1 fully saturated rings. The maximum Gasteiger partial charge on any atom is 0.244 e. The highest BCUT2D eigenvalue weighted by atomic mass is 16.2. The molecule has 0 aromatic carbocycles. The van der Waals surface area contributed by atoms with Gasteiger partial charge in [-0.2, -0.15) is 5.10 Å². The molecule has 1 atom stereocenters. The fourth-order valence-electron chi connectivity index (χ4n) is 3.04. The molecule has 1 aliphatic rings. The number of rotatable bonds is 4. The third-order valence-corrected chi connectivity index (χ3v) is 4.33. The van der Waals surface area contributed by atoms with Crippen molar-refractivity contribution in [3.8, 4) is 0 Å². The normalized spacial score (nSPS) is 18.0. The Hall–Kier alpha value is -2.37. The van der Waals surface area contributed by atoms with Gasteiger partial charge in [0.05, 0.1) is 0 Å². The summed E-state index contributed by atoms with van der Waals surface area (Å²) in [7, 11) is 3.99. The van der Waals surface area contributed by atoms with Crippen molar-refractivity contribution in [3.63, 3.8) is 0 Å². The number of carbonyl (C=O) groups excluding carboxylic acids is 1. The molecule has 0 N–H and O–H groups in total. The Morgan fingerprint density at radius 1 is 1.39 bits per heavy atom. The molecule has 6 nitrogen and oxygen atoms in total. The number of anilines is 1. The van der Waals surface area contributed by atoms with Crippen molar-refractivity contribution in [2.45, 2.75) is 25.3 Å². The van der Waals surface area contributed by atoms with Gasteiger partial charge in [0, 0.05) is 51.7 Å². The minimum absolute atomic E-state index is 0.139. The van der Waals surface area contributed by atoms with Gasteiger partial charge in [0.2, 0.25) is 5.91 Å². The van der Waals surface area contributed by atoms with Crippen molar-refractivity contribution in [1.82, 2.24) is 19.7 Å². The second kappa shape index (κ2) is 6.81. The van der Waals surface area contributed by atoms with Crippen LogP contribution in [0.2, 0.25) is 0 Å². The highest BCUT2D eigenvalue weighted by Gasteiger charge is 2.25. The molecule has 1 aliphatic heterocycles. The van der Waals surface area contributed by atoms with Crippen LogP contribution in [0.5, 0.6) is 0 Å². The Labute approximate surface area is 136 Å². The first-order valence-electron chi connectivity index (χ1n) is 8.02. The van der Waals surface area contributed by atoms with E-state index in [0.717, 1.165) is 31.7 Å². The fraction of sp³-hybridized carbons (Fsp3) is 0.471. The highest BCUT2D eigenvalue weighted by Crippen LogP contribution is 2.28. The molecule has 1 saturated heterocycles. The monoisotopic (exact) mass is 313 g/mol. The minimum atomic E-state index is 0.139. The second-order valence-corrected chi connectivity index (χ2v) is 6.22. The lowest BCUT2D eigenvalue weighted by molar-refractivity contribution is -0.133. The second-order valence-electron chi connectivity index (χ2n) is 6.22. The Morgan fingerprint density at radius 3 is 3.00 bits per heavy atom. The molecular formula is C17H23N5O. The van der Waals surface area contributed by atoms with Gasteiger partial charge in [-0.25, -0.2) is 4.98 Å². The molecular weight excluding hydrogens is 290 g/mol. The lowest BCUT2D eigenvalue weighted by Gasteiger charge is -2.33. The number of nitrogens with zero attached hydrogens (tertiary/aromatic N) is 5. The van der Waals surface area contributed by atoms with Crippen LogP contribution in [0.15, 0.2) is 36.8 Å². The van der Waals surface area contributed by atoms with Crippen LogP contribution in [0.25, 0.3) is 0 Å². The predicted molar refractivity (Wildman–Crippen MR) is 89.3 cm³/mol. The Bertz CT molecular complexity index is 653. The van der Waals surface area contributed by atoms with Gasteiger partial charge in [-0.05, 0) is 36.6 Å². The summed E-state index contributed by atoms with van der Waals surface area (Å²) in [5.41, 5.74) is 1.26. The SMILES string of the molecule is CN(C)c1cc([C@@H]2CCCN(C(=O)Cn3cccn3)C2)ccn1. The van der Waals surface area contributed by atoms with Crippen molar-refractivity contribution < 1.29 is 4.79 Å². The van der Waals surface area contributed by atoms with Crippen molar-refractivity contribution >= 4 is 11.7 Å². The zero-order chi connectivity index (χ0) is 16.2. The summed E-state index contributed by atoms with van der Waals surface area (Å²) >= 11 is 0. The van der Waals surface area contributed by atoms with Crippen LogP contribution in [0.4, 0.5) is 5.82 Å². The van der Waals surface area contributed by atoms with Crippen LogP contribution in [0.1, 0.15) is 24.3 Å². The molecule has 1 amide bonds. The average molecular weight is 313 g/mol. The summed E-state index contributed by atoms with van der Waals surface area (Å²) in [4.78, 5) is 20.8. The van der Waals surface area contributed by atoms with Gasteiger partial charge in [-0.3, -0.25) is 9.48 Å². The highest BCUT2D eigenvalue weighted by molar-refractivity contribution is 5.76. The Balaban J connectivity index is 1.68. The molecule has 0 unspecified atom stereocenters. The Morgan fingerprint density at radius 2 is 2.26 bits per heavy atom. The molecule has 0 aliphatic carbocycles. The standard InChI is InChI=1S/C17H23N5O/c1-20(2)16-11-14(6-8-18-16)15-5-3-9-21(12-15)17(23)13-22-10-4-7-19-22/h4,6-8,10-11,15H,3,5,9,12-13H2,1-2H3/t15-/m1/s1. The van der Waals surface area contributed by atoms with E-state index < -0.39 is 0 Å². The lowest BCUT2D eigenvalue weighted by Crippen LogP contribution is -2.40. The van der Waals surface area contributed by atoms with Gasteiger partial charge < -0.3 is 9.80 Å². The number of amides is 1. The summed E-state index contributed by atoms with van der Waals surface area (Å²) in [6.07, 6.45) is 7.53. The summed E-state index contributed by atoms with van der Waals surface area (Å²) in [6.45, 7) is 1.93. The molecule has 122 valence electrons. The van der Waals surface area contributed by atoms with Gasteiger partial charge >= 0.3 is 0 Å². The minimum Gasteiger partial charge on any atom is -0.363 e. The first-order valence-corrected chi connectivity index (χ1v) is 8.02. The van der Waals surface area contributed by atoms with Crippen LogP contribution in [0.3, 0.4) is 0 Å². The summed E-state index contributed by atoms with van der Waals surface area (Å²) in [6, 6.07) is 6.04. The van der Waals surface area contributed by atoms with Gasteiger partial charge in [0.25, 0.3) is 0 Å². The van der Waals surface area contributed by atoms with E-state index in [4.69, 9.17) is 0 Å². The number of aromatic nitrogens is 3. The zero-order valence-electron chi connectivity index (χ0n) is 13.7. The van der Waals surface area contributed by atoms with E-state index in [9.17, 15) is 4.79 Å². The van der Waals surface area contributed by atoms with Gasteiger partial charge in [-0.1, -0.05) is 0 Å². The van der Waals surface area contributed by atoms with Gasteiger partial charge in [0.1, 0.15) is 12.4 Å². The molecule has 2 aromatic heterocycles. The van der Waals surface area contributed by atoms with E-state index in [1.807, 2.05) is 42.4 Å². The molecule has 0 radical (unpaired) electrons. The van der Waals surface area contributed by atoms with Gasteiger partial charge in [-0.15, -0.1) is 0 Å². The molecule has 6 heteroatoms. The maximum absolute atomic E-state index is 12.5. The number of hydrogen-bond acceptors (Lipinski definition) is 4. The molecule has 23 heavy (non-hydrogen) atoms. The first-order chi connectivity index (χ1) is 11.1. The van der Waals surface area contributed by atoms with Crippen LogP contribution >= 0.6 is 0 Å². The Kier molecular flexibility index (Phi) is 4.60. The van der Waals surface area contributed by atoms with Crippen LogP contribution in [0, 0.1) is 0 Å². The van der Waals surface area contributed by atoms with Crippen LogP contribution in [-0.4, -0.2) is 52.8 Å². The van der Waals surface area contributed by atoms with Crippen molar-refractivity contribution in [3.05, 3.63) is 42.4 Å². The number of hydrogen-bond donors (Lipinski definition) is 0. The van der Waals surface area contributed by atoms with Crippen molar-refractivity contribution in [2.75, 3.05) is 32.1 Å². The van der Waals surface area contributed by atoms with Crippen molar-refractivity contribution in [1.29, 1.82) is 0 Å². The van der Waals surface area contributed by atoms with E-state index in [1.54, 1.807) is 10.9 Å². The lowest BCUT2D eigenvalue weighted by atomic mass is 9.91. The third kappa shape index (κ3) is 3.70. The van der Waals surface area contributed by atoms with Crippen LogP contribution < -0.4 is 4.90 Å². The number of piperidine rings is 1. The fourth-order valence-corrected chi connectivity index (χ4v) is 3.04. The summed E-state index contributed by atoms with van der Waals surface area (Å²) < 4.78 is 1.68. The smallest absolute Gasteiger partial charge is 0.244 e. The van der Waals surface area contributed by atoms with Crippen molar-refractivity contribution in [2.24, 2.45) is 0 Å². The summed E-state index contributed by atoms with van der Waals surface area (Å²) in [5.74, 6) is 1.48. The molecule has 0 bridgehead atoms. The molecule has 0 spiro atoms. The van der Waals surface area contributed by atoms with E-state index in [2.05, 4.69) is 22.2 Å². The zero-order valence-corrected chi connectivity index (χ0v) is 13.7. The summed E-state index contributed by atoms with van der Waals surface area (Å²) in [5, 5.41) is 4.11. The van der Waals surface area contributed by atoms with E-state index in [1.165, 1.54) is 5.56 Å². The maximum atomic E-state index is 12.5. The topological polar surface area (TPSA) is 54.3 Å². The predicted octanol–water partition coefficient (Wildman–Crippen LogP) is 1.75. The average Bonchev–Trinajstić information content (AvgIpc) is 3.08.